The van der Waals surface area contributed by atoms with E-state index in [1.807, 2.05) is 25.1 Å². The molecule has 0 aromatic heterocycles. The average Bonchev–Trinajstić information content (AvgIpc) is 2.08. The van der Waals surface area contributed by atoms with Gasteiger partial charge in [-0.2, -0.15) is 0 Å². The molecule has 0 unspecified atom stereocenters. The van der Waals surface area contributed by atoms with Crippen LogP contribution in [0.25, 0.3) is 0 Å². The molecule has 1 aromatic carbocycles. The molecule has 0 saturated heterocycles. The lowest BCUT2D eigenvalue weighted by Crippen LogP contribution is -2.28. The van der Waals surface area contributed by atoms with E-state index in [1.54, 1.807) is 0 Å². The molecule has 0 heterocycles. The van der Waals surface area contributed by atoms with Gasteiger partial charge in [-0.25, -0.2) is 0 Å². The van der Waals surface area contributed by atoms with Gasteiger partial charge < -0.3 is 11.1 Å². The van der Waals surface area contributed by atoms with Crippen molar-refractivity contribution < 1.29 is 4.79 Å². The van der Waals surface area contributed by atoms with E-state index < -0.39 is 0 Å². The zero-order chi connectivity index (χ0) is 10.8. The van der Waals surface area contributed by atoms with Crippen LogP contribution < -0.4 is 11.1 Å². The summed E-state index contributed by atoms with van der Waals surface area (Å²) in [5, 5.41) is 2.93. The minimum atomic E-state index is 0. The van der Waals surface area contributed by atoms with Crippen LogP contribution in [-0.2, 0) is 4.79 Å². The van der Waals surface area contributed by atoms with Gasteiger partial charge in [0.15, 0.2) is 0 Å². The maximum absolute atomic E-state index is 11.7. The molecule has 0 atom stereocenters. The van der Waals surface area contributed by atoms with Crippen molar-refractivity contribution in [3.05, 3.63) is 23.8 Å². The number of rotatable bonds is 2. The summed E-state index contributed by atoms with van der Waals surface area (Å²) in [6, 6.07) is 5.58. The zero-order valence-electron chi connectivity index (χ0n) is 9.32. The molecule has 16 heavy (non-hydrogen) atoms. The molecule has 1 saturated carbocycles. The summed E-state index contributed by atoms with van der Waals surface area (Å²) < 4.78 is 0. The second-order valence-electron chi connectivity index (χ2n) is 4.19. The first-order valence-electron chi connectivity index (χ1n) is 5.34. The molecular weight excluding hydrogens is 224 g/mol. The first-order valence-corrected chi connectivity index (χ1v) is 5.34. The van der Waals surface area contributed by atoms with Crippen LogP contribution in [0.2, 0.25) is 0 Å². The fraction of sp³-hybridized carbons (Fsp3) is 0.417. The molecule has 2 rings (SSSR count). The molecule has 4 heteroatoms. The molecule has 88 valence electrons. The highest BCUT2D eigenvalue weighted by molar-refractivity contribution is 5.94. The monoisotopic (exact) mass is 240 g/mol. The minimum Gasteiger partial charge on any atom is -0.399 e. The smallest absolute Gasteiger partial charge is 0.227 e. The molecule has 1 amide bonds. The zero-order valence-corrected chi connectivity index (χ0v) is 10.1. The lowest BCUT2D eigenvalue weighted by Gasteiger charge is -2.24. The number of benzene rings is 1. The Kier molecular flexibility index (Phi) is 4.19. The fourth-order valence-electron chi connectivity index (χ4n) is 1.68. The van der Waals surface area contributed by atoms with E-state index in [1.165, 1.54) is 6.42 Å². The van der Waals surface area contributed by atoms with E-state index in [4.69, 9.17) is 5.73 Å². The predicted molar refractivity (Wildman–Crippen MR) is 68.8 cm³/mol. The molecule has 3 nitrogen and oxygen atoms in total. The van der Waals surface area contributed by atoms with Crippen molar-refractivity contribution in [3.63, 3.8) is 0 Å². The number of nitrogens with one attached hydrogen (secondary N) is 1. The quantitative estimate of drug-likeness (QED) is 0.781. The molecule has 0 spiro atoms. The highest BCUT2D eigenvalue weighted by Gasteiger charge is 2.25. The lowest BCUT2D eigenvalue weighted by atomic mass is 9.85. The van der Waals surface area contributed by atoms with Crippen LogP contribution >= 0.6 is 12.4 Å². The number of hydrogen-bond donors (Lipinski definition) is 2. The first kappa shape index (κ1) is 12.8. The van der Waals surface area contributed by atoms with Crippen LogP contribution in [0, 0.1) is 12.8 Å². The van der Waals surface area contributed by atoms with Crippen molar-refractivity contribution in [1.82, 2.24) is 0 Å². The summed E-state index contributed by atoms with van der Waals surface area (Å²) in [6.45, 7) is 1.97. The third-order valence-electron chi connectivity index (χ3n) is 3.00. The third-order valence-corrected chi connectivity index (χ3v) is 3.00. The molecule has 1 fully saturated rings. The number of carbonyl (C=O) groups excluding carboxylic acids is 1. The Balaban J connectivity index is 0.00000128. The normalized spacial score (nSPS) is 14.8. The van der Waals surface area contributed by atoms with E-state index in [-0.39, 0.29) is 24.2 Å². The number of carbonyl (C=O) groups is 1. The minimum absolute atomic E-state index is 0. The Hall–Kier alpha value is -1.22. The van der Waals surface area contributed by atoms with Crippen molar-refractivity contribution in [1.29, 1.82) is 0 Å². The second-order valence-corrected chi connectivity index (χ2v) is 4.19. The van der Waals surface area contributed by atoms with E-state index in [0.717, 1.165) is 24.1 Å². The maximum Gasteiger partial charge on any atom is 0.227 e. The maximum atomic E-state index is 11.7. The number of nitrogens with two attached hydrogens (primary N) is 1. The Labute approximate surface area is 102 Å². The SMILES string of the molecule is Cc1ccc(N)cc1NC(=O)C1CCC1.Cl. The molecule has 0 aliphatic heterocycles. The molecular formula is C12H17ClN2O. The van der Waals surface area contributed by atoms with Gasteiger partial charge >= 0.3 is 0 Å². The fourth-order valence-corrected chi connectivity index (χ4v) is 1.68. The van der Waals surface area contributed by atoms with Gasteiger partial charge in [0.25, 0.3) is 0 Å². The van der Waals surface area contributed by atoms with Gasteiger partial charge in [0, 0.05) is 17.3 Å². The summed E-state index contributed by atoms with van der Waals surface area (Å²) in [7, 11) is 0. The first-order chi connectivity index (χ1) is 7.16. The van der Waals surface area contributed by atoms with Crippen molar-refractivity contribution in [2.75, 3.05) is 11.1 Å². The number of amides is 1. The Bertz CT molecular complexity index is 389. The van der Waals surface area contributed by atoms with E-state index in [0.29, 0.717) is 5.69 Å². The number of anilines is 2. The van der Waals surface area contributed by atoms with E-state index >= 15 is 0 Å². The number of nitrogen functional groups attached to an aromatic ring is 1. The third kappa shape index (κ3) is 2.67. The molecule has 0 radical (unpaired) electrons. The highest BCUT2D eigenvalue weighted by atomic mass is 35.5. The molecule has 3 N–H and O–H groups in total. The van der Waals surface area contributed by atoms with Crippen LogP contribution in [0.4, 0.5) is 11.4 Å². The largest absolute Gasteiger partial charge is 0.399 e. The van der Waals surface area contributed by atoms with Crippen LogP contribution in [0.5, 0.6) is 0 Å². The van der Waals surface area contributed by atoms with Gasteiger partial charge in [-0.3, -0.25) is 4.79 Å². The Morgan fingerprint density at radius 3 is 2.69 bits per heavy atom. The van der Waals surface area contributed by atoms with Crippen molar-refractivity contribution in [3.8, 4) is 0 Å². The summed E-state index contributed by atoms with van der Waals surface area (Å²) in [6.07, 6.45) is 3.22. The number of halogens is 1. The highest BCUT2D eigenvalue weighted by Crippen LogP contribution is 2.28. The van der Waals surface area contributed by atoms with Crippen LogP contribution in [0.1, 0.15) is 24.8 Å². The van der Waals surface area contributed by atoms with Gasteiger partial charge in [0.05, 0.1) is 0 Å². The van der Waals surface area contributed by atoms with Gasteiger partial charge in [-0.05, 0) is 37.5 Å². The van der Waals surface area contributed by atoms with Gasteiger partial charge in [-0.1, -0.05) is 12.5 Å². The molecule has 1 aliphatic rings. The van der Waals surface area contributed by atoms with Gasteiger partial charge in [0.1, 0.15) is 0 Å². The van der Waals surface area contributed by atoms with Gasteiger partial charge in [-0.15, -0.1) is 12.4 Å². The summed E-state index contributed by atoms with van der Waals surface area (Å²) in [5.41, 5.74) is 8.25. The average molecular weight is 241 g/mol. The Morgan fingerprint density at radius 2 is 2.12 bits per heavy atom. The number of hydrogen-bond acceptors (Lipinski definition) is 2. The Morgan fingerprint density at radius 1 is 1.44 bits per heavy atom. The standard InChI is InChI=1S/C12H16N2O.ClH/c1-8-5-6-10(13)7-11(8)14-12(15)9-3-2-4-9;/h5-7,9H,2-4,13H2,1H3,(H,14,15);1H. The second kappa shape index (κ2) is 5.21. The van der Waals surface area contributed by atoms with Crippen LogP contribution in [-0.4, -0.2) is 5.91 Å². The summed E-state index contributed by atoms with van der Waals surface area (Å²) in [5.74, 6) is 0.348. The predicted octanol–water partition coefficient (Wildman–Crippen LogP) is 2.74. The van der Waals surface area contributed by atoms with Crippen molar-refractivity contribution >= 4 is 29.7 Å². The van der Waals surface area contributed by atoms with Gasteiger partial charge in [0.2, 0.25) is 5.91 Å². The topological polar surface area (TPSA) is 55.1 Å². The number of aryl methyl sites for hydroxylation is 1. The summed E-state index contributed by atoms with van der Waals surface area (Å²) >= 11 is 0. The van der Waals surface area contributed by atoms with E-state index in [2.05, 4.69) is 5.32 Å². The lowest BCUT2D eigenvalue weighted by molar-refractivity contribution is -0.122. The van der Waals surface area contributed by atoms with E-state index in [9.17, 15) is 4.79 Å². The van der Waals surface area contributed by atoms with Crippen LogP contribution in [0.3, 0.4) is 0 Å². The van der Waals surface area contributed by atoms with Crippen molar-refractivity contribution in [2.24, 2.45) is 5.92 Å². The molecule has 1 aromatic rings. The van der Waals surface area contributed by atoms with Crippen molar-refractivity contribution in [2.45, 2.75) is 26.2 Å². The molecule has 1 aliphatic carbocycles. The van der Waals surface area contributed by atoms with Crippen LogP contribution in [0.15, 0.2) is 18.2 Å². The molecule has 0 bridgehead atoms. The summed E-state index contributed by atoms with van der Waals surface area (Å²) in [4.78, 5) is 11.7.